The maximum atomic E-state index is 4.63. The van der Waals surface area contributed by atoms with E-state index in [1.54, 1.807) is 34.4 Å². The van der Waals surface area contributed by atoms with Gasteiger partial charge in [0.1, 0.15) is 9.86 Å². The van der Waals surface area contributed by atoms with Crippen molar-refractivity contribution in [1.82, 2.24) is 9.97 Å². The van der Waals surface area contributed by atoms with Gasteiger partial charge in [-0.1, -0.05) is 17.8 Å². The highest BCUT2D eigenvalue weighted by Gasteiger charge is 2.12. The zero-order valence-corrected chi connectivity index (χ0v) is 13.1. The zero-order valence-electron chi connectivity index (χ0n) is 10.6. The van der Waals surface area contributed by atoms with Crippen molar-refractivity contribution in [2.24, 2.45) is 0 Å². The molecule has 0 saturated heterocycles. The molecule has 0 amide bonds. The van der Waals surface area contributed by atoms with Crippen molar-refractivity contribution in [1.29, 1.82) is 0 Å². The van der Waals surface area contributed by atoms with Crippen molar-refractivity contribution in [3.8, 4) is 0 Å². The summed E-state index contributed by atoms with van der Waals surface area (Å²) in [5.74, 6) is 0.718. The highest BCUT2D eigenvalue weighted by molar-refractivity contribution is 8.01. The Balaban J connectivity index is 2.08. The molecule has 19 heavy (non-hydrogen) atoms. The van der Waals surface area contributed by atoms with Gasteiger partial charge in [-0.15, -0.1) is 22.7 Å². The molecular weight excluding hydrogens is 294 g/mol. The first kappa shape index (κ1) is 12.9. The third-order valence-electron chi connectivity index (χ3n) is 2.51. The number of aromatic nitrogens is 2. The Morgan fingerprint density at radius 3 is 3.00 bits per heavy atom. The van der Waals surface area contributed by atoms with Crippen LogP contribution < -0.4 is 5.32 Å². The number of fused-ring (bicyclic) bond motifs is 1. The second-order valence-corrected chi connectivity index (χ2v) is 7.46. The Kier molecular flexibility index (Phi) is 3.72. The number of hydrogen-bond acceptors (Lipinski definition) is 6. The van der Waals surface area contributed by atoms with Crippen LogP contribution in [-0.2, 0) is 0 Å². The predicted molar refractivity (Wildman–Crippen MR) is 84.8 cm³/mol. The smallest absolute Gasteiger partial charge is 0.225 e. The summed E-state index contributed by atoms with van der Waals surface area (Å²) in [6, 6.07) is 6.36. The lowest BCUT2D eigenvalue weighted by Crippen LogP contribution is -2.02. The Labute approximate surface area is 124 Å². The van der Waals surface area contributed by atoms with Gasteiger partial charge in [0.05, 0.1) is 4.21 Å². The standard InChI is InChI=1S/C13H13N3S3/c1-3-14-13-15-11-9(7-8(2)18-11)12(16-13)19-10-5-4-6-17-10/h4-7H,3H2,1-2H3,(H,14,15,16). The lowest BCUT2D eigenvalue weighted by molar-refractivity contribution is 1.06. The van der Waals surface area contributed by atoms with Crippen molar-refractivity contribution < 1.29 is 0 Å². The fourth-order valence-electron chi connectivity index (χ4n) is 1.75. The molecule has 0 aliphatic carbocycles. The van der Waals surface area contributed by atoms with Crippen LogP contribution in [0.3, 0.4) is 0 Å². The molecule has 0 unspecified atom stereocenters. The van der Waals surface area contributed by atoms with E-state index in [0.29, 0.717) is 0 Å². The number of rotatable bonds is 4. The Morgan fingerprint density at radius 2 is 2.26 bits per heavy atom. The summed E-state index contributed by atoms with van der Waals surface area (Å²) >= 11 is 5.17. The van der Waals surface area contributed by atoms with Crippen molar-refractivity contribution in [3.05, 3.63) is 28.5 Å². The second kappa shape index (κ2) is 5.48. The van der Waals surface area contributed by atoms with E-state index in [-0.39, 0.29) is 0 Å². The minimum absolute atomic E-state index is 0.718. The molecule has 0 atom stereocenters. The van der Waals surface area contributed by atoms with E-state index >= 15 is 0 Å². The first-order valence-electron chi connectivity index (χ1n) is 5.99. The van der Waals surface area contributed by atoms with E-state index < -0.39 is 0 Å². The van der Waals surface area contributed by atoms with Gasteiger partial charge in [0.25, 0.3) is 0 Å². The molecule has 0 saturated carbocycles. The van der Waals surface area contributed by atoms with Gasteiger partial charge in [-0.25, -0.2) is 9.97 Å². The lowest BCUT2D eigenvalue weighted by atomic mass is 10.4. The van der Waals surface area contributed by atoms with Crippen LogP contribution in [0.2, 0.25) is 0 Å². The normalized spacial score (nSPS) is 11.1. The first-order valence-corrected chi connectivity index (χ1v) is 8.51. The molecule has 0 aliphatic heterocycles. The van der Waals surface area contributed by atoms with Crippen LogP contribution in [0.1, 0.15) is 11.8 Å². The molecule has 0 aliphatic rings. The molecule has 3 rings (SSSR count). The van der Waals surface area contributed by atoms with Gasteiger partial charge >= 0.3 is 0 Å². The number of hydrogen-bond donors (Lipinski definition) is 1. The van der Waals surface area contributed by atoms with Crippen molar-refractivity contribution in [3.63, 3.8) is 0 Å². The van der Waals surface area contributed by atoms with Crippen LogP contribution in [-0.4, -0.2) is 16.5 Å². The summed E-state index contributed by atoms with van der Waals surface area (Å²) in [7, 11) is 0. The molecule has 0 fully saturated rings. The molecule has 6 heteroatoms. The molecule has 98 valence electrons. The van der Waals surface area contributed by atoms with Crippen molar-refractivity contribution in [2.45, 2.75) is 23.1 Å². The Morgan fingerprint density at radius 1 is 1.37 bits per heavy atom. The monoisotopic (exact) mass is 307 g/mol. The highest BCUT2D eigenvalue weighted by atomic mass is 32.2. The summed E-state index contributed by atoms with van der Waals surface area (Å²) in [4.78, 5) is 11.5. The molecule has 0 spiro atoms. The number of nitrogens with one attached hydrogen (secondary N) is 1. The van der Waals surface area contributed by atoms with Gasteiger partial charge < -0.3 is 5.32 Å². The number of anilines is 1. The highest BCUT2D eigenvalue weighted by Crippen LogP contribution is 2.37. The van der Waals surface area contributed by atoms with Gasteiger partial charge in [0.15, 0.2) is 0 Å². The summed E-state index contributed by atoms with van der Waals surface area (Å²) in [6.45, 7) is 5.00. The van der Waals surface area contributed by atoms with E-state index in [4.69, 9.17) is 0 Å². The maximum absolute atomic E-state index is 4.63. The molecule has 3 nitrogen and oxygen atoms in total. The molecule has 3 heterocycles. The molecule has 0 aromatic carbocycles. The minimum atomic E-state index is 0.718. The molecule has 3 aromatic heterocycles. The van der Waals surface area contributed by atoms with E-state index in [1.807, 2.05) is 0 Å². The zero-order chi connectivity index (χ0) is 13.2. The second-order valence-electron chi connectivity index (χ2n) is 3.99. The maximum Gasteiger partial charge on any atom is 0.225 e. The largest absolute Gasteiger partial charge is 0.354 e. The Hall–Kier alpha value is -1.11. The minimum Gasteiger partial charge on any atom is -0.354 e. The van der Waals surface area contributed by atoms with E-state index in [9.17, 15) is 0 Å². The summed E-state index contributed by atoms with van der Waals surface area (Å²) in [5.41, 5.74) is 0. The topological polar surface area (TPSA) is 37.8 Å². The third kappa shape index (κ3) is 2.75. The van der Waals surface area contributed by atoms with Crippen LogP contribution in [0.4, 0.5) is 5.95 Å². The first-order chi connectivity index (χ1) is 9.26. The number of nitrogens with zero attached hydrogens (tertiary/aromatic N) is 2. The van der Waals surface area contributed by atoms with Gasteiger partial charge in [-0.2, -0.15) is 0 Å². The van der Waals surface area contributed by atoms with E-state index in [1.165, 1.54) is 9.09 Å². The van der Waals surface area contributed by atoms with Gasteiger partial charge in [-0.05, 0) is 31.4 Å². The SMILES string of the molecule is CCNc1nc(Sc2cccs2)c2cc(C)sc2n1. The average molecular weight is 307 g/mol. The fraction of sp³-hybridized carbons (Fsp3) is 0.231. The predicted octanol–water partition coefficient (Wildman–Crippen LogP) is 4.64. The van der Waals surface area contributed by atoms with Crippen molar-refractivity contribution in [2.75, 3.05) is 11.9 Å². The summed E-state index contributed by atoms with van der Waals surface area (Å²) in [6.07, 6.45) is 0. The van der Waals surface area contributed by atoms with Crippen LogP contribution in [0, 0.1) is 6.92 Å². The quantitative estimate of drug-likeness (QED) is 0.712. The molecule has 1 N–H and O–H groups in total. The third-order valence-corrected chi connectivity index (χ3v) is 5.49. The van der Waals surface area contributed by atoms with Gasteiger partial charge in [0.2, 0.25) is 5.95 Å². The number of aryl methyl sites for hydroxylation is 1. The van der Waals surface area contributed by atoms with E-state index in [0.717, 1.165) is 27.7 Å². The fourth-order valence-corrected chi connectivity index (χ4v) is 4.47. The van der Waals surface area contributed by atoms with Crippen LogP contribution in [0.15, 0.2) is 32.8 Å². The van der Waals surface area contributed by atoms with E-state index in [2.05, 4.69) is 52.7 Å². The number of thiophene rings is 2. The average Bonchev–Trinajstić information content (AvgIpc) is 2.98. The summed E-state index contributed by atoms with van der Waals surface area (Å²) < 4.78 is 1.26. The van der Waals surface area contributed by atoms with Gasteiger partial charge in [-0.3, -0.25) is 0 Å². The molecule has 3 aromatic rings. The van der Waals surface area contributed by atoms with Gasteiger partial charge in [0, 0.05) is 16.8 Å². The van der Waals surface area contributed by atoms with Crippen LogP contribution in [0.25, 0.3) is 10.2 Å². The summed E-state index contributed by atoms with van der Waals surface area (Å²) in [5, 5.41) is 7.48. The van der Waals surface area contributed by atoms with Crippen molar-refractivity contribution >= 4 is 50.6 Å². The molecular formula is C13H13N3S3. The molecule has 0 radical (unpaired) electrons. The van der Waals surface area contributed by atoms with Crippen LogP contribution >= 0.6 is 34.4 Å². The van der Waals surface area contributed by atoms with Crippen LogP contribution in [0.5, 0.6) is 0 Å². The Bertz CT molecular complexity index is 689. The lowest BCUT2D eigenvalue weighted by Gasteiger charge is -2.05. The molecule has 0 bridgehead atoms.